The highest BCUT2D eigenvalue weighted by molar-refractivity contribution is 5.82. The minimum Gasteiger partial charge on any atom is -0.363 e. The molecule has 2 nitrogen and oxygen atoms in total. The van der Waals surface area contributed by atoms with Gasteiger partial charge in [-0.05, 0) is 43.2 Å². The second kappa shape index (κ2) is 13.3. The van der Waals surface area contributed by atoms with Gasteiger partial charge in [0.1, 0.15) is 0 Å². The second-order valence-corrected chi connectivity index (χ2v) is 8.85. The number of aryl methyl sites for hydroxylation is 1. The van der Waals surface area contributed by atoms with E-state index in [9.17, 15) is 0 Å². The summed E-state index contributed by atoms with van der Waals surface area (Å²) in [6.07, 6.45) is 15.4. The first-order chi connectivity index (χ1) is 14.8. The maximum absolute atomic E-state index is 5.39. The van der Waals surface area contributed by atoms with Gasteiger partial charge in [0.15, 0.2) is 0 Å². The van der Waals surface area contributed by atoms with Gasteiger partial charge in [-0.2, -0.15) is 0 Å². The van der Waals surface area contributed by atoms with Crippen LogP contribution in [0.15, 0.2) is 65.7 Å². The molecule has 2 aromatic rings. The Kier molecular flexibility index (Phi) is 9.99. The number of rotatable bonds is 6. The lowest BCUT2D eigenvalue weighted by molar-refractivity contribution is 0.440. The third kappa shape index (κ3) is 7.97. The van der Waals surface area contributed by atoms with Crippen molar-refractivity contribution in [3.63, 3.8) is 0 Å². The van der Waals surface area contributed by atoms with Crippen molar-refractivity contribution in [1.29, 1.82) is 0 Å². The van der Waals surface area contributed by atoms with Crippen molar-refractivity contribution >= 4 is 5.84 Å². The molecule has 1 aliphatic rings. The standard InChI is InChI=1S/C28H40N2/c1-30-24-15-7-5-3-2-4-6-14-23-28(30)29-27(26-20-12-9-13-21-26)22-16-19-25-17-10-8-11-18-25/h8-13,17-18,20-21,27H,2-7,14-16,19,22-24H2,1H3. The van der Waals surface area contributed by atoms with Crippen LogP contribution in [0.2, 0.25) is 0 Å². The molecule has 0 aromatic heterocycles. The Hall–Kier alpha value is -2.09. The third-order valence-electron chi connectivity index (χ3n) is 6.36. The van der Waals surface area contributed by atoms with Crippen LogP contribution in [0.5, 0.6) is 0 Å². The van der Waals surface area contributed by atoms with E-state index in [0.29, 0.717) is 0 Å². The van der Waals surface area contributed by atoms with Crippen LogP contribution in [0.25, 0.3) is 0 Å². The van der Waals surface area contributed by atoms with Gasteiger partial charge >= 0.3 is 0 Å². The smallest absolute Gasteiger partial charge is 0.0993 e. The predicted octanol–water partition coefficient (Wildman–Crippen LogP) is 7.61. The van der Waals surface area contributed by atoms with Crippen LogP contribution in [0.3, 0.4) is 0 Å². The molecule has 1 atom stereocenters. The molecule has 2 heteroatoms. The van der Waals surface area contributed by atoms with Crippen LogP contribution in [-0.4, -0.2) is 24.3 Å². The second-order valence-electron chi connectivity index (χ2n) is 8.85. The Morgan fingerprint density at radius 2 is 1.37 bits per heavy atom. The normalized spacial score (nSPS) is 19.1. The fourth-order valence-electron chi connectivity index (χ4n) is 4.48. The average molecular weight is 405 g/mol. The molecule has 0 N–H and O–H groups in total. The van der Waals surface area contributed by atoms with Crippen LogP contribution in [0.1, 0.15) is 87.8 Å². The molecule has 162 valence electrons. The molecule has 0 spiro atoms. The summed E-state index contributed by atoms with van der Waals surface area (Å²) in [5.41, 5.74) is 2.79. The van der Waals surface area contributed by atoms with Crippen molar-refractivity contribution in [2.75, 3.05) is 13.6 Å². The van der Waals surface area contributed by atoms with Gasteiger partial charge in [-0.3, -0.25) is 4.99 Å². The van der Waals surface area contributed by atoms with E-state index in [1.165, 1.54) is 74.7 Å². The zero-order chi connectivity index (χ0) is 20.9. The molecule has 1 unspecified atom stereocenters. The van der Waals surface area contributed by atoms with E-state index in [0.717, 1.165) is 25.8 Å². The van der Waals surface area contributed by atoms with Crippen molar-refractivity contribution in [1.82, 2.24) is 4.90 Å². The van der Waals surface area contributed by atoms with Crippen molar-refractivity contribution in [2.45, 2.75) is 83.1 Å². The van der Waals surface area contributed by atoms with Crippen molar-refractivity contribution in [2.24, 2.45) is 4.99 Å². The molecule has 0 radical (unpaired) electrons. The molecule has 30 heavy (non-hydrogen) atoms. The van der Waals surface area contributed by atoms with Gasteiger partial charge in [-0.25, -0.2) is 0 Å². The Morgan fingerprint density at radius 1 is 0.767 bits per heavy atom. The lowest BCUT2D eigenvalue weighted by Crippen LogP contribution is -2.28. The Balaban J connectivity index is 1.71. The van der Waals surface area contributed by atoms with Gasteiger partial charge in [0.25, 0.3) is 0 Å². The van der Waals surface area contributed by atoms with Crippen LogP contribution >= 0.6 is 0 Å². The van der Waals surface area contributed by atoms with E-state index in [1.807, 2.05) is 0 Å². The van der Waals surface area contributed by atoms with Gasteiger partial charge in [-0.1, -0.05) is 99.2 Å². The fourth-order valence-corrected chi connectivity index (χ4v) is 4.48. The molecule has 1 heterocycles. The molecular weight excluding hydrogens is 364 g/mol. The topological polar surface area (TPSA) is 15.6 Å². The third-order valence-corrected chi connectivity index (χ3v) is 6.36. The number of amidine groups is 1. The Bertz CT molecular complexity index is 723. The molecule has 2 aromatic carbocycles. The van der Waals surface area contributed by atoms with Crippen LogP contribution in [-0.2, 0) is 6.42 Å². The number of aliphatic imine (C=N–C) groups is 1. The lowest BCUT2D eigenvalue weighted by Gasteiger charge is -2.25. The number of benzene rings is 2. The van der Waals surface area contributed by atoms with E-state index >= 15 is 0 Å². The number of nitrogens with zero attached hydrogens (tertiary/aromatic N) is 2. The highest BCUT2D eigenvalue weighted by Crippen LogP contribution is 2.25. The molecule has 0 bridgehead atoms. The predicted molar refractivity (Wildman–Crippen MR) is 130 cm³/mol. The van der Waals surface area contributed by atoms with Crippen LogP contribution < -0.4 is 0 Å². The highest BCUT2D eigenvalue weighted by Gasteiger charge is 2.14. The summed E-state index contributed by atoms with van der Waals surface area (Å²) in [6.45, 7) is 1.14. The zero-order valence-electron chi connectivity index (χ0n) is 18.9. The Morgan fingerprint density at radius 3 is 2.07 bits per heavy atom. The van der Waals surface area contributed by atoms with Crippen molar-refractivity contribution in [3.8, 4) is 0 Å². The summed E-state index contributed by atoms with van der Waals surface area (Å²) in [4.78, 5) is 7.84. The van der Waals surface area contributed by atoms with Gasteiger partial charge in [0.05, 0.1) is 11.9 Å². The van der Waals surface area contributed by atoms with Crippen LogP contribution in [0, 0.1) is 0 Å². The first kappa shape index (κ1) is 22.6. The molecule has 0 aliphatic carbocycles. The van der Waals surface area contributed by atoms with Crippen molar-refractivity contribution in [3.05, 3.63) is 71.8 Å². The van der Waals surface area contributed by atoms with E-state index in [-0.39, 0.29) is 6.04 Å². The fraction of sp³-hybridized carbons (Fsp3) is 0.536. The van der Waals surface area contributed by atoms with Gasteiger partial charge in [-0.15, -0.1) is 0 Å². The molecule has 1 fully saturated rings. The summed E-state index contributed by atoms with van der Waals surface area (Å²) >= 11 is 0. The molecule has 1 saturated heterocycles. The average Bonchev–Trinajstić information content (AvgIpc) is 2.78. The monoisotopic (exact) mass is 404 g/mol. The van der Waals surface area contributed by atoms with E-state index < -0.39 is 0 Å². The van der Waals surface area contributed by atoms with Gasteiger partial charge < -0.3 is 4.90 Å². The largest absolute Gasteiger partial charge is 0.363 e. The first-order valence-electron chi connectivity index (χ1n) is 12.2. The number of hydrogen-bond acceptors (Lipinski definition) is 1. The summed E-state index contributed by atoms with van der Waals surface area (Å²) < 4.78 is 0. The summed E-state index contributed by atoms with van der Waals surface area (Å²) in [5, 5.41) is 0. The molecule has 0 saturated carbocycles. The highest BCUT2D eigenvalue weighted by atomic mass is 15.2. The molecule has 3 rings (SSSR count). The summed E-state index contributed by atoms with van der Waals surface area (Å²) in [5.74, 6) is 1.32. The minimum atomic E-state index is 0.264. The summed E-state index contributed by atoms with van der Waals surface area (Å²) in [7, 11) is 2.26. The maximum atomic E-state index is 5.39. The SMILES string of the molecule is CN1CCCCCCCCCCC1=NC(CCCc1ccccc1)c1ccccc1. The molecular formula is C28H40N2. The molecule has 1 aliphatic heterocycles. The number of hydrogen-bond donors (Lipinski definition) is 0. The minimum absolute atomic E-state index is 0.264. The first-order valence-corrected chi connectivity index (χ1v) is 12.2. The van der Waals surface area contributed by atoms with Crippen molar-refractivity contribution < 1.29 is 0 Å². The lowest BCUT2D eigenvalue weighted by atomic mass is 9.99. The van der Waals surface area contributed by atoms with Crippen LogP contribution in [0.4, 0.5) is 0 Å². The van der Waals surface area contributed by atoms with E-state index in [2.05, 4.69) is 72.6 Å². The van der Waals surface area contributed by atoms with E-state index in [1.54, 1.807) is 0 Å². The maximum Gasteiger partial charge on any atom is 0.0993 e. The van der Waals surface area contributed by atoms with Gasteiger partial charge in [0.2, 0.25) is 0 Å². The molecule has 0 amide bonds. The summed E-state index contributed by atoms with van der Waals surface area (Å²) in [6, 6.07) is 22.1. The van der Waals surface area contributed by atoms with Gasteiger partial charge in [0, 0.05) is 20.0 Å². The van der Waals surface area contributed by atoms with E-state index in [4.69, 9.17) is 4.99 Å². The zero-order valence-corrected chi connectivity index (χ0v) is 18.9. The Labute approximate surface area is 184 Å². The quantitative estimate of drug-likeness (QED) is 0.484.